The van der Waals surface area contributed by atoms with Gasteiger partial charge in [0.2, 0.25) is 5.91 Å². The van der Waals surface area contributed by atoms with Crippen LogP contribution in [0.1, 0.15) is 31.2 Å². The third-order valence-corrected chi connectivity index (χ3v) is 4.94. The van der Waals surface area contributed by atoms with Crippen molar-refractivity contribution in [3.05, 3.63) is 34.1 Å². The van der Waals surface area contributed by atoms with E-state index in [-0.39, 0.29) is 30.3 Å². The van der Waals surface area contributed by atoms with Crippen LogP contribution in [0.3, 0.4) is 0 Å². The molecular weight excluding hydrogens is 365 g/mol. The first-order chi connectivity index (χ1) is 11.0. The minimum atomic E-state index is -0.392. The molecule has 0 spiro atoms. The van der Waals surface area contributed by atoms with Gasteiger partial charge in [0.05, 0.1) is 5.92 Å². The number of carbonyl (C=O) groups is 2. The summed E-state index contributed by atoms with van der Waals surface area (Å²) in [5, 5.41) is 0. The highest BCUT2D eigenvalue weighted by molar-refractivity contribution is 9.10. The Kier molecular flexibility index (Phi) is 4.99. The van der Waals surface area contributed by atoms with Crippen molar-refractivity contribution in [2.75, 3.05) is 13.1 Å². The van der Waals surface area contributed by atoms with Gasteiger partial charge in [0, 0.05) is 29.0 Å². The van der Waals surface area contributed by atoms with E-state index >= 15 is 0 Å². The van der Waals surface area contributed by atoms with E-state index in [1.54, 1.807) is 12.1 Å². The Bertz CT molecular complexity index is 610. The lowest BCUT2D eigenvalue weighted by molar-refractivity contribution is -0.153. The number of carbonyl (C=O) groups excluding carboxylic acids is 2. The molecule has 1 aliphatic carbocycles. The lowest BCUT2D eigenvalue weighted by Gasteiger charge is -2.31. The quantitative estimate of drug-likeness (QED) is 0.749. The molecule has 0 N–H and O–H groups in total. The number of rotatable bonds is 4. The standard InChI is InChI=1S/C17H19BrFNO3/c18-14-4-3-13(15(19)9-14)10-23-17(22)12-5-7-20(8-6-12)16(21)11-1-2-11/h3-4,9,11-12H,1-2,5-8,10H2. The van der Waals surface area contributed by atoms with Crippen molar-refractivity contribution in [3.8, 4) is 0 Å². The fraction of sp³-hybridized carbons (Fsp3) is 0.529. The maximum atomic E-state index is 13.7. The third kappa shape index (κ3) is 4.10. The topological polar surface area (TPSA) is 46.6 Å². The Morgan fingerprint density at radius 1 is 1.17 bits per heavy atom. The zero-order valence-electron chi connectivity index (χ0n) is 12.8. The molecule has 6 heteroatoms. The van der Waals surface area contributed by atoms with Crippen molar-refractivity contribution in [1.29, 1.82) is 0 Å². The zero-order valence-corrected chi connectivity index (χ0v) is 14.4. The summed E-state index contributed by atoms with van der Waals surface area (Å²) in [6.07, 6.45) is 3.25. The third-order valence-electron chi connectivity index (χ3n) is 4.45. The molecule has 1 aromatic rings. The number of hydrogen-bond donors (Lipinski definition) is 0. The molecule has 1 aliphatic heterocycles. The van der Waals surface area contributed by atoms with Gasteiger partial charge in [-0.1, -0.05) is 22.0 Å². The Morgan fingerprint density at radius 2 is 1.87 bits per heavy atom. The highest BCUT2D eigenvalue weighted by atomic mass is 79.9. The highest BCUT2D eigenvalue weighted by Crippen LogP contribution is 2.32. The lowest BCUT2D eigenvalue weighted by Crippen LogP contribution is -2.41. The first-order valence-electron chi connectivity index (χ1n) is 7.94. The molecule has 0 aromatic heterocycles. The summed E-state index contributed by atoms with van der Waals surface area (Å²) in [5.41, 5.74) is 0.364. The first-order valence-corrected chi connectivity index (χ1v) is 8.73. The highest BCUT2D eigenvalue weighted by Gasteiger charge is 2.36. The second-order valence-electron chi connectivity index (χ2n) is 6.22. The summed E-state index contributed by atoms with van der Waals surface area (Å²) >= 11 is 3.19. The minimum Gasteiger partial charge on any atom is -0.460 e. The molecule has 0 radical (unpaired) electrons. The van der Waals surface area contributed by atoms with E-state index in [9.17, 15) is 14.0 Å². The van der Waals surface area contributed by atoms with Crippen LogP contribution in [0.2, 0.25) is 0 Å². The van der Waals surface area contributed by atoms with Gasteiger partial charge in [0.15, 0.2) is 0 Å². The monoisotopic (exact) mass is 383 g/mol. The largest absolute Gasteiger partial charge is 0.460 e. The number of ether oxygens (including phenoxy) is 1. The first kappa shape index (κ1) is 16.4. The Morgan fingerprint density at radius 3 is 2.48 bits per heavy atom. The minimum absolute atomic E-state index is 0.0564. The molecule has 3 rings (SSSR count). The van der Waals surface area contributed by atoms with Crippen LogP contribution in [0.15, 0.2) is 22.7 Å². The second-order valence-corrected chi connectivity index (χ2v) is 7.13. The predicted octanol–water partition coefficient (Wildman–Crippen LogP) is 3.28. The molecule has 0 unspecified atom stereocenters. The molecule has 1 aromatic carbocycles. The average Bonchev–Trinajstić information content (AvgIpc) is 3.38. The van der Waals surface area contributed by atoms with E-state index in [2.05, 4.69) is 15.9 Å². The molecule has 1 saturated carbocycles. The van der Waals surface area contributed by atoms with Crippen LogP contribution >= 0.6 is 15.9 Å². The molecule has 4 nitrogen and oxygen atoms in total. The molecular formula is C17H19BrFNO3. The van der Waals surface area contributed by atoms with E-state index in [4.69, 9.17) is 4.74 Å². The van der Waals surface area contributed by atoms with Crippen LogP contribution in [0, 0.1) is 17.7 Å². The van der Waals surface area contributed by atoms with Crippen LogP contribution in [-0.2, 0) is 20.9 Å². The van der Waals surface area contributed by atoms with Crippen LogP contribution in [0.25, 0.3) is 0 Å². The fourth-order valence-electron chi connectivity index (χ4n) is 2.83. The lowest BCUT2D eigenvalue weighted by atomic mass is 9.96. The Hall–Kier alpha value is -1.43. The van der Waals surface area contributed by atoms with Crippen molar-refractivity contribution < 1.29 is 18.7 Å². The van der Waals surface area contributed by atoms with Gasteiger partial charge in [0.1, 0.15) is 12.4 Å². The SMILES string of the molecule is O=C(OCc1ccc(Br)cc1F)C1CCN(C(=O)C2CC2)CC1. The predicted molar refractivity (Wildman–Crippen MR) is 85.9 cm³/mol. The van der Waals surface area contributed by atoms with Crippen molar-refractivity contribution >= 4 is 27.8 Å². The molecule has 1 amide bonds. The van der Waals surface area contributed by atoms with E-state index < -0.39 is 5.82 Å². The van der Waals surface area contributed by atoms with Crippen molar-refractivity contribution in [3.63, 3.8) is 0 Å². The van der Waals surface area contributed by atoms with Crippen LogP contribution < -0.4 is 0 Å². The second kappa shape index (κ2) is 6.99. The van der Waals surface area contributed by atoms with Gasteiger partial charge >= 0.3 is 5.97 Å². The molecule has 0 atom stereocenters. The van der Waals surface area contributed by atoms with Gasteiger partial charge in [-0.25, -0.2) is 4.39 Å². The van der Waals surface area contributed by atoms with Crippen LogP contribution in [0.5, 0.6) is 0 Å². The summed E-state index contributed by atoms with van der Waals surface area (Å²) in [5.74, 6) is -0.438. The summed E-state index contributed by atoms with van der Waals surface area (Å²) in [7, 11) is 0. The summed E-state index contributed by atoms with van der Waals surface area (Å²) in [4.78, 5) is 25.9. The molecule has 1 heterocycles. The van der Waals surface area contributed by atoms with Crippen LogP contribution in [0.4, 0.5) is 4.39 Å². The fourth-order valence-corrected chi connectivity index (χ4v) is 3.16. The zero-order chi connectivity index (χ0) is 16.4. The van der Waals surface area contributed by atoms with E-state index in [0.29, 0.717) is 36.0 Å². The number of halogens is 2. The average molecular weight is 384 g/mol. The van der Waals surface area contributed by atoms with Crippen molar-refractivity contribution in [2.24, 2.45) is 11.8 Å². The number of nitrogens with zero attached hydrogens (tertiary/aromatic N) is 1. The van der Waals surface area contributed by atoms with Gasteiger partial charge in [-0.2, -0.15) is 0 Å². The van der Waals surface area contributed by atoms with Gasteiger partial charge < -0.3 is 9.64 Å². The molecule has 1 saturated heterocycles. The molecule has 124 valence electrons. The van der Waals surface area contributed by atoms with Crippen LogP contribution in [-0.4, -0.2) is 29.9 Å². The molecule has 2 aliphatic rings. The number of benzene rings is 1. The number of likely N-dealkylation sites (tertiary alicyclic amines) is 1. The van der Waals surface area contributed by atoms with Crippen molar-refractivity contribution in [1.82, 2.24) is 4.90 Å². The summed E-state index contributed by atoms with van der Waals surface area (Å²) in [6, 6.07) is 4.67. The number of esters is 1. The Labute approximate surface area is 143 Å². The number of amides is 1. The van der Waals surface area contributed by atoms with E-state index in [1.807, 2.05) is 4.90 Å². The Balaban J connectivity index is 1.46. The normalized spacial score (nSPS) is 18.8. The van der Waals surface area contributed by atoms with Gasteiger partial charge in [-0.05, 0) is 37.8 Å². The van der Waals surface area contributed by atoms with E-state index in [0.717, 1.165) is 12.8 Å². The number of piperidine rings is 1. The number of hydrogen-bond acceptors (Lipinski definition) is 3. The molecule has 23 heavy (non-hydrogen) atoms. The molecule has 2 fully saturated rings. The summed E-state index contributed by atoms with van der Waals surface area (Å²) < 4.78 is 19.6. The van der Waals surface area contributed by atoms with Gasteiger partial charge in [-0.15, -0.1) is 0 Å². The summed E-state index contributed by atoms with van der Waals surface area (Å²) in [6.45, 7) is 1.17. The van der Waals surface area contributed by atoms with Crippen molar-refractivity contribution in [2.45, 2.75) is 32.3 Å². The maximum Gasteiger partial charge on any atom is 0.309 e. The van der Waals surface area contributed by atoms with Gasteiger partial charge in [0.25, 0.3) is 0 Å². The van der Waals surface area contributed by atoms with Gasteiger partial charge in [-0.3, -0.25) is 9.59 Å². The maximum absolute atomic E-state index is 13.7. The van der Waals surface area contributed by atoms with E-state index in [1.165, 1.54) is 6.07 Å². The smallest absolute Gasteiger partial charge is 0.309 e. The molecule has 0 bridgehead atoms.